The SMILES string of the molecule is CC1CC2(CO)CN(Cc3ccccc3)CCC2O1. The van der Waals surface area contributed by atoms with Gasteiger partial charge in [0, 0.05) is 25.0 Å². The Morgan fingerprint density at radius 2 is 2.16 bits per heavy atom. The number of aliphatic hydroxyl groups excluding tert-OH is 1. The minimum atomic E-state index is -0.0353. The van der Waals surface area contributed by atoms with Crippen LogP contribution in [0.1, 0.15) is 25.3 Å². The Labute approximate surface area is 115 Å². The molecule has 2 aliphatic heterocycles. The maximum Gasteiger partial charge on any atom is 0.0682 e. The van der Waals surface area contributed by atoms with Gasteiger partial charge in [-0.2, -0.15) is 0 Å². The fourth-order valence-electron chi connectivity index (χ4n) is 3.73. The smallest absolute Gasteiger partial charge is 0.0682 e. The van der Waals surface area contributed by atoms with Gasteiger partial charge in [-0.1, -0.05) is 30.3 Å². The summed E-state index contributed by atoms with van der Waals surface area (Å²) < 4.78 is 5.97. The molecule has 19 heavy (non-hydrogen) atoms. The van der Waals surface area contributed by atoms with Gasteiger partial charge in [0.15, 0.2) is 0 Å². The summed E-state index contributed by atoms with van der Waals surface area (Å²) in [5, 5.41) is 9.85. The van der Waals surface area contributed by atoms with E-state index in [1.54, 1.807) is 0 Å². The number of ether oxygens (including phenoxy) is 1. The summed E-state index contributed by atoms with van der Waals surface area (Å²) in [6.45, 7) is 5.36. The summed E-state index contributed by atoms with van der Waals surface area (Å²) in [5.74, 6) is 0. The van der Waals surface area contributed by atoms with Crippen molar-refractivity contribution in [3.63, 3.8) is 0 Å². The molecule has 1 aromatic rings. The molecular formula is C16H23NO2. The topological polar surface area (TPSA) is 32.7 Å². The Morgan fingerprint density at radius 3 is 2.89 bits per heavy atom. The van der Waals surface area contributed by atoms with Gasteiger partial charge < -0.3 is 9.84 Å². The number of hydrogen-bond acceptors (Lipinski definition) is 3. The van der Waals surface area contributed by atoms with Gasteiger partial charge in [0.25, 0.3) is 0 Å². The van der Waals surface area contributed by atoms with E-state index in [-0.39, 0.29) is 24.2 Å². The molecule has 0 amide bonds. The van der Waals surface area contributed by atoms with Crippen molar-refractivity contribution in [1.82, 2.24) is 4.90 Å². The van der Waals surface area contributed by atoms with Gasteiger partial charge >= 0.3 is 0 Å². The second kappa shape index (κ2) is 5.23. The van der Waals surface area contributed by atoms with E-state index in [4.69, 9.17) is 4.74 Å². The molecule has 2 aliphatic rings. The van der Waals surface area contributed by atoms with Gasteiger partial charge in [-0.05, 0) is 25.3 Å². The first-order valence-corrected chi connectivity index (χ1v) is 7.24. The summed E-state index contributed by atoms with van der Waals surface area (Å²) in [5.41, 5.74) is 1.31. The summed E-state index contributed by atoms with van der Waals surface area (Å²) in [6, 6.07) is 10.6. The lowest BCUT2D eigenvalue weighted by atomic mass is 9.76. The Balaban J connectivity index is 1.70. The lowest BCUT2D eigenvalue weighted by Gasteiger charge is -2.42. The number of aliphatic hydroxyl groups is 1. The highest BCUT2D eigenvalue weighted by Gasteiger charge is 2.49. The number of benzene rings is 1. The molecule has 3 heteroatoms. The summed E-state index contributed by atoms with van der Waals surface area (Å²) in [4.78, 5) is 2.46. The van der Waals surface area contributed by atoms with Crippen molar-refractivity contribution in [2.24, 2.45) is 5.41 Å². The third kappa shape index (κ3) is 2.55. The zero-order valence-electron chi connectivity index (χ0n) is 11.6. The van der Waals surface area contributed by atoms with Crippen LogP contribution in [0.15, 0.2) is 30.3 Å². The zero-order chi connectivity index (χ0) is 13.3. The van der Waals surface area contributed by atoms with Crippen LogP contribution in [-0.4, -0.2) is 41.9 Å². The first-order valence-electron chi connectivity index (χ1n) is 7.24. The predicted octanol–water partition coefficient (Wildman–Crippen LogP) is 2.05. The lowest BCUT2D eigenvalue weighted by molar-refractivity contribution is -0.0558. The molecule has 0 saturated carbocycles. The monoisotopic (exact) mass is 261 g/mol. The van der Waals surface area contributed by atoms with Crippen molar-refractivity contribution in [3.8, 4) is 0 Å². The van der Waals surface area contributed by atoms with Crippen LogP contribution in [0.25, 0.3) is 0 Å². The number of fused-ring (bicyclic) bond motifs is 1. The fraction of sp³-hybridized carbons (Fsp3) is 0.625. The normalized spacial score (nSPS) is 35.3. The van der Waals surface area contributed by atoms with Crippen molar-refractivity contribution in [2.75, 3.05) is 19.7 Å². The molecule has 0 spiro atoms. The number of rotatable bonds is 3. The second-order valence-corrected chi connectivity index (χ2v) is 6.14. The fourth-order valence-corrected chi connectivity index (χ4v) is 3.73. The third-order valence-corrected chi connectivity index (χ3v) is 4.58. The van der Waals surface area contributed by atoms with Crippen molar-refractivity contribution in [2.45, 2.75) is 38.5 Å². The van der Waals surface area contributed by atoms with Crippen molar-refractivity contribution < 1.29 is 9.84 Å². The first kappa shape index (κ1) is 13.1. The molecule has 2 fully saturated rings. The Hall–Kier alpha value is -0.900. The van der Waals surface area contributed by atoms with Crippen LogP contribution in [-0.2, 0) is 11.3 Å². The molecule has 0 radical (unpaired) electrons. The summed E-state index contributed by atoms with van der Waals surface area (Å²) in [7, 11) is 0. The highest BCUT2D eigenvalue weighted by molar-refractivity contribution is 5.15. The van der Waals surface area contributed by atoms with Crippen molar-refractivity contribution in [1.29, 1.82) is 0 Å². The zero-order valence-corrected chi connectivity index (χ0v) is 11.6. The van der Waals surface area contributed by atoms with E-state index in [0.29, 0.717) is 0 Å². The molecule has 3 atom stereocenters. The molecule has 0 bridgehead atoms. The molecule has 3 nitrogen and oxygen atoms in total. The average molecular weight is 261 g/mol. The van der Waals surface area contributed by atoms with Crippen molar-refractivity contribution in [3.05, 3.63) is 35.9 Å². The Kier molecular flexibility index (Phi) is 3.61. The van der Waals surface area contributed by atoms with Crippen LogP contribution in [0.4, 0.5) is 0 Å². The first-order chi connectivity index (χ1) is 9.22. The molecule has 1 N–H and O–H groups in total. The minimum Gasteiger partial charge on any atom is -0.396 e. The van der Waals surface area contributed by atoms with E-state index >= 15 is 0 Å². The molecular weight excluding hydrogens is 238 g/mol. The van der Waals surface area contributed by atoms with Crippen LogP contribution >= 0.6 is 0 Å². The Bertz CT molecular complexity index is 422. The van der Waals surface area contributed by atoms with Gasteiger partial charge in [0.1, 0.15) is 0 Å². The number of nitrogens with zero attached hydrogens (tertiary/aromatic N) is 1. The van der Waals surface area contributed by atoms with Crippen LogP contribution < -0.4 is 0 Å². The summed E-state index contributed by atoms with van der Waals surface area (Å²) >= 11 is 0. The van der Waals surface area contributed by atoms with Gasteiger partial charge in [-0.3, -0.25) is 4.90 Å². The van der Waals surface area contributed by atoms with Crippen LogP contribution in [0.2, 0.25) is 0 Å². The van der Waals surface area contributed by atoms with Crippen LogP contribution in [0, 0.1) is 5.41 Å². The van der Waals surface area contributed by atoms with Crippen molar-refractivity contribution >= 4 is 0 Å². The highest BCUT2D eigenvalue weighted by Crippen LogP contribution is 2.43. The third-order valence-electron chi connectivity index (χ3n) is 4.58. The van der Waals surface area contributed by atoms with E-state index in [1.165, 1.54) is 5.56 Å². The molecule has 2 saturated heterocycles. The average Bonchev–Trinajstić information content (AvgIpc) is 2.76. The minimum absolute atomic E-state index is 0.0353. The quantitative estimate of drug-likeness (QED) is 0.904. The van der Waals surface area contributed by atoms with E-state index < -0.39 is 0 Å². The van der Waals surface area contributed by atoms with Gasteiger partial charge in [0.2, 0.25) is 0 Å². The van der Waals surface area contributed by atoms with Gasteiger partial charge in [-0.15, -0.1) is 0 Å². The second-order valence-electron chi connectivity index (χ2n) is 6.14. The molecule has 3 unspecified atom stereocenters. The number of likely N-dealkylation sites (tertiary alicyclic amines) is 1. The van der Waals surface area contributed by atoms with Crippen LogP contribution in [0.5, 0.6) is 0 Å². The highest BCUT2D eigenvalue weighted by atomic mass is 16.5. The van der Waals surface area contributed by atoms with E-state index in [1.807, 2.05) is 0 Å². The standard InChI is InChI=1S/C16H23NO2/c1-13-9-16(12-18)11-17(8-7-15(16)19-13)10-14-5-3-2-4-6-14/h2-6,13,15,18H,7-12H2,1H3. The molecule has 1 aromatic carbocycles. The predicted molar refractivity (Wildman–Crippen MR) is 74.8 cm³/mol. The van der Waals surface area contributed by atoms with E-state index in [2.05, 4.69) is 42.2 Å². The molecule has 104 valence electrons. The summed E-state index contributed by atoms with van der Waals surface area (Å²) in [6.07, 6.45) is 2.56. The number of piperidine rings is 1. The largest absolute Gasteiger partial charge is 0.396 e. The van der Waals surface area contributed by atoms with Gasteiger partial charge in [0.05, 0.1) is 18.8 Å². The maximum absolute atomic E-state index is 9.85. The van der Waals surface area contributed by atoms with E-state index in [0.717, 1.165) is 32.5 Å². The molecule has 0 aliphatic carbocycles. The van der Waals surface area contributed by atoms with Gasteiger partial charge in [-0.25, -0.2) is 0 Å². The van der Waals surface area contributed by atoms with E-state index in [9.17, 15) is 5.11 Å². The Morgan fingerprint density at radius 1 is 1.37 bits per heavy atom. The lowest BCUT2D eigenvalue weighted by Crippen LogP contribution is -2.51. The maximum atomic E-state index is 9.85. The molecule has 2 heterocycles. The molecule has 0 aromatic heterocycles. The van der Waals surface area contributed by atoms with Crippen LogP contribution in [0.3, 0.4) is 0 Å². The number of hydrogen-bond donors (Lipinski definition) is 1. The molecule has 3 rings (SSSR count).